The Hall–Kier alpha value is -3.07. The first-order valence-electron chi connectivity index (χ1n) is 10.5. The number of benzene rings is 3. The van der Waals surface area contributed by atoms with Crippen molar-refractivity contribution in [2.24, 2.45) is 5.73 Å². The highest BCUT2D eigenvalue weighted by Crippen LogP contribution is 2.27. The molecule has 1 aliphatic rings. The second kappa shape index (κ2) is 10.7. The van der Waals surface area contributed by atoms with Gasteiger partial charge in [-0.1, -0.05) is 42.5 Å². The molecule has 1 fully saturated rings. The van der Waals surface area contributed by atoms with Crippen LogP contribution in [0.2, 0.25) is 0 Å². The summed E-state index contributed by atoms with van der Waals surface area (Å²) in [5.74, 6) is -0.0581. The second-order valence-electron chi connectivity index (χ2n) is 7.67. The molecule has 174 valence electrons. The lowest BCUT2D eigenvalue weighted by molar-refractivity contribution is -0.117. The third kappa shape index (κ3) is 5.84. The standard InChI is InChI=1S/C24H26N4O3S.ClH/c25-17-18-6-4-9-21(16-18)26-23(19-7-2-1-3-8-19)24(29)27-20-10-12-22(13-11-20)28-14-5-15-32(28,30)31;/h1-4,6-13,16,23,26H,5,14-15,17,25H2,(H,27,29);1H. The van der Waals surface area contributed by atoms with E-state index in [-0.39, 0.29) is 24.1 Å². The maximum absolute atomic E-state index is 13.2. The van der Waals surface area contributed by atoms with Crippen molar-refractivity contribution in [2.45, 2.75) is 19.0 Å². The maximum Gasteiger partial charge on any atom is 0.251 e. The van der Waals surface area contributed by atoms with Crippen molar-refractivity contribution in [3.8, 4) is 0 Å². The van der Waals surface area contributed by atoms with Crippen molar-refractivity contribution in [3.05, 3.63) is 90.0 Å². The molecule has 7 nitrogen and oxygen atoms in total. The molecular weight excluding hydrogens is 460 g/mol. The normalized spacial score (nSPS) is 15.4. The molecule has 4 N–H and O–H groups in total. The van der Waals surface area contributed by atoms with Gasteiger partial charge in [0.2, 0.25) is 10.0 Å². The number of nitrogens with two attached hydrogens (primary N) is 1. The van der Waals surface area contributed by atoms with Gasteiger partial charge < -0.3 is 16.4 Å². The minimum absolute atomic E-state index is 0. The molecular formula is C24H27ClN4O3S. The molecule has 1 saturated heterocycles. The summed E-state index contributed by atoms with van der Waals surface area (Å²) in [5.41, 5.74) is 9.54. The van der Waals surface area contributed by atoms with E-state index in [1.54, 1.807) is 24.3 Å². The van der Waals surface area contributed by atoms with Crippen LogP contribution >= 0.6 is 12.4 Å². The monoisotopic (exact) mass is 486 g/mol. The van der Waals surface area contributed by atoms with Crippen LogP contribution in [0.4, 0.5) is 17.1 Å². The summed E-state index contributed by atoms with van der Waals surface area (Å²) in [6.07, 6.45) is 0.622. The average Bonchev–Trinajstić information content (AvgIpc) is 3.17. The van der Waals surface area contributed by atoms with Gasteiger partial charge in [-0.2, -0.15) is 0 Å². The van der Waals surface area contributed by atoms with Crippen LogP contribution in [0.15, 0.2) is 78.9 Å². The van der Waals surface area contributed by atoms with Crippen molar-refractivity contribution in [1.29, 1.82) is 0 Å². The summed E-state index contributed by atoms with van der Waals surface area (Å²) in [5, 5.41) is 6.24. The first-order valence-corrected chi connectivity index (χ1v) is 12.1. The van der Waals surface area contributed by atoms with E-state index in [2.05, 4.69) is 10.6 Å². The quantitative estimate of drug-likeness (QED) is 0.469. The number of anilines is 3. The SMILES string of the molecule is Cl.NCc1cccc(NC(C(=O)Nc2ccc(N3CCCS3(=O)=O)cc2)c2ccccc2)c1. The van der Waals surface area contributed by atoms with E-state index in [4.69, 9.17) is 5.73 Å². The highest BCUT2D eigenvalue weighted by Gasteiger charge is 2.28. The highest BCUT2D eigenvalue weighted by molar-refractivity contribution is 7.93. The zero-order chi connectivity index (χ0) is 22.6. The van der Waals surface area contributed by atoms with E-state index in [1.165, 1.54) is 4.31 Å². The summed E-state index contributed by atoms with van der Waals surface area (Å²) in [6, 6.07) is 23.4. The largest absolute Gasteiger partial charge is 0.370 e. The Labute approximate surface area is 200 Å². The van der Waals surface area contributed by atoms with Gasteiger partial charge in [0.1, 0.15) is 6.04 Å². The van der Waals surface area contributed by atoms with Gasteiger partial charge in [-0.05, 0) is 53.9 Å². The van der Waals surface area contributed by atoms with Crippen molar-refractivity contribution in [2.75, 3.05) is 27.2 Å². The van der Waals surface area contributed by atoms with Gasteiger partial charge in [0, 0.05) is 24.5 Å². The molecule has 4 rings (SSSR count). The third-order valence-corrected chi connectivity index (χ3v) is 7.26. The van der Waals surface area contributed by atoms with Gasteiger partial charge in [-0.25, -0.2) is 8.42 Å². The lowest BCUT2D eigenvalue weighted by Crippen LogP contribution is -2.27. The first kappa shape index (κ1) is 24.6. The molecule has 1 aliphatic heterocycles. The number of amides is 1. The number of carbonyl (C=O) groups excluding carboxylic acids is 1. The van der Waals surface area contributed by atoms with E-state index in [0.29, 0.717) is 30.9 Å². The number of halogens is 1. The van der Waals surface area contributed by atoms with Crippen molar-refractivity contribution in [3.63, 3.8) is 0 Å². The Bertz CT molecular complexity index is 1190. The van der Waals surface area contributed by atoms with Crippen LogP contribution in [-0.2, 0) is 21.4 Å². The number of nitrogens with zero attached hydrogens (tertiary/aromatic N) is 1. The van der Waals surface area contributed by atoms with Gasteiger partial charge in [0.15, 0.2) is 0 Å². The number of nitrogens with one attached hydrogen (secondary N) is 2. The molecule has 3 aromatic rings. The fourth-order valence-corrected chi connectivity index (χ4v) is 5.32. The molecule has 3 aromatic carbocycles. The van der Waals surface area contributed by atoms with Crippen LogP contribution in [0.3, 0.4) is 0 Å². The minimum Gasteiger partial charge on any atom is -0.370 e. The van der Waals surface area contributed by atoms with Crippen LogP contribution in [0.1, 0.15) is 23.6 Å². The molecule has 1 unspecified atom stereocenters. The summed E-state index contributed by atoms with van der Waals surface area (Å²) in [7, 11) is -3.24. The molecule has 0 aromatic heterocycles. The predicted molar refractivity (Wildman–Crippen MR) is 135 cm³/mol. The summed E-state index contributed by atoms with van der Waals surface area (Å²) < 4.78 is 25.7. The smallest absolute Gasteiger partial charge is 0.251 e. The molecule has 33 heavy (non-hydrogen) atoms. The molecule has 1 heterocycles. The second-order valence-corrected chi connectivity index (χ2v) is 9.68. The lowest BCUT2D eigenvalue weighted by atomic mass is 10.0. The van der Waals surface area contributed by atoms with Crippen molar-refractivity contribution < 1.29 is 13.2 Å². The Morgan fingerprint density at radius 3 is 2.33 bits per heavy atom. The Kier molecular flexibility index (Phi) is 7.97. The van der Waals surface area contributed by atoms with Crippen LogP contribution in [0, 0.1) is 0 Å². The zero-order valence-electron chi connectivity index (χ0n) is 18.0. The molecule has 0 radical (unpaired) electrons. The molecule has 1 atom stereocenters. The molecule has 0 saturated carbocycles. The van der Waals surface area contributed by atoms with Crippen LogP contribution in [-0.4, -0.2) is 26.6 Å². The number of carbonyl (C=O) groups is 1. The Balaban J connectivity index is 0.00000306. The Morgan fingerprint density at radius 1 is 0.970 bits per heavy atom. The summed E-state index contributed by atoms with van der Waals surface area (Å²) >= 11 is 0. The number of sulfonamides is 1. The molecule has 1 amide bonds. The molecule has 0 spiro atoms. The van der Waals surface area contributed by atoms with E-state index >= 15 is 0 Å². The average molecular weight is 487 g/mol. The van der Waals surface area contributed by atoms with E-state index < -0.39 is 16.1 Å². The van der Waals surface area contributed by atoms with Crippen LogP contribution < -0.4 is 20.7 Å². The van der Waals surface area contributed by atoms with E-state index in [1.807, 2.05) is 54.6 Å². The predicted octanol–water partition coefficient (Wildman–Crippen LogP) is 3.90. The number of hydrogen-bond acceptors (Lipinski definition) is 5. The maximum atomic E-state index is 13.2. The van der Waals surface area contributed by atoms with Gasteiger partial charge >= 0.3 is 0 Å². The summed E-state index contributed by atoms with van der Waals surface area (Å²) in [4.78, 5) is 13.2. The van der Waals surface area contributed by atoms with Crippen LogP contribution in [0.25, 0.3) is 0 Å². The fourth-order valence-electron chi connectivity index (χ4n) is 3.76. The Morgan fingerprint density at radius 2 is 1.70 bits per heavy atom. The van der Waals surface area contributed by atoms with E-state index in [9.17, 15) is 13.2 Å². The number of hydrogen-bond donors (Lipinski definition) is 3. The number of rotatable bonds is 7. The first-order chi connectivity index (χ1) is 15.5. The van der Waals surface area contributed by atoms with Gasteiger partial charge in [-0.3, -0.25) is 9.10 Å². The molecule has 0 aliphatic carbocycles. The third-order valence-electron chi connectivity index (χ3n) is 5.39. The van der Waals surface area contributed by atoms with Crippen LogP contribution in [0.5, 0.6) is 0 Å². The summed E-state index contributed by atoms with van der Waals surface area (Å²) in [6.45, 7) is 0.896. The molecule has 9 heteroatoms. The highest BCUT2D eigenvalue weighted by atomic mass is 35.5. The fraction of sp³-hybridized carbons (Fsp3) is 0.208. The van der Waals surface area contributed by atoms with Gasteiger partial charge in [-0.15, -0.1) is 12.4 Å². The zero-order valence-corrected chi connectivity index (χ0v) is 19.6. The van der Waals surface area contributed by atoms with Crippen molar-refractivity contribution in [1.82, 2.24) is 0 Å². The van der Waals surface area contributed by atoms with Crippen molar-refractivity contribution >= 4 is 45.4 Å². The minimum atomic E-state index is -3.24. The van der Waals surface area contributed by atoms with E-state index in [0.717, 1.165) is 16.8 Å². The lowest BCUT2D eigenvalue weighted by Gasteiger charge is -2.21. The van der Waals surface area contributed by atoms with Gasteiger partial charge in [0.05, 0.1) is 11.4 Å². The van der Waals surface area contributed by atoms with Gasteiger partial charge in [0.25, 0.3) is 5.91 Å². The molecule has 0 bridgehead atoms. The topological polar surface area (TPSA) is 105 Å².